The van der Waals surface area contributed by atoms with Crippen LogP contribution in [0.2, 0.25) is 0 Å². The van der Waals surface area contributed by atoms with Crippen LogP contribution in [-0.4, -0.2) is 4.57 Å². The second-order valence-corrected chi connectivity index (χ2v) is 5.75. The summed E-state index contributed by atoms with van der Waals surface area (Å²) in [6, 6.07) is 6.69. The summed E-state index contributed by atoms with van der Waals surface area (Å²) in [7, 11) is 0. The van der Waals surface area contributed by atoms with Gasteiger partial charge >= 0.3 is 0 Å². The molecule has 0 saturated carbocycles. The van der Waals surface area contributed by atoms with Gasteiger partial charge in [-0.3, -0.25) is 0 Å². The van der Waals surface area contributed by atoms with Crippen LogP contribution in [0.4, 0.5) is 0 Å². The molecule has 2 rings (SSSR count). The molecular weight excluding hydrogens is 232 g/mol. The quantitative estimate of drug-likeness (QED) is 0.731. The number of benzene rings is 1. The Kier molecular flexibility index (Phi) is 4.08. The number of imidazole rings is 1. The van der Waals surface area contributed by atoms with Crippen LogP contribution in [0.3, 0.4) is 0 Å². The molecule has 102 valence electrons. The molecule has 2 aromatic rings. The van der Waals surface area contributed by atoms with E-state index in [0.29, 0.717) is 11.8 Å². The average molecular weight is 257 g/mol. The van der Waals surface area contributed by atoms with E-state index in [-0.39, 0.29) is 0 Å². The van der Waals surface area contributed by atoms with Gasteiger partial charge in [-0.1, -0.05) is 45.9 Å². The van der Waals surface area contributed by atoms with E-state index in [0.717, 1.165) is 6.54 Å². The van der Waals surface area contributed by atoms with Crippen molar-refractivity contribution in [2.24, 2.45) is 0 Å². The van der Waals surface area contributed by atoms with E-state index in [2.05, 4.69) is 80.7 Å². The highest BCUT2D eigenvalue weighted by molar-refractivity contribution is 5.50. The summed E-state index contributed by atoms with van der Waals surface area (Å²) >= 11 is 0. The average Bonchev–Trinajstić information content (AvgIpc) is 2.86. The van der Waals surface area contributed by atoms with Crippen LogP contribution in [0.5, 0.6) is 0 Å². The van der Waals surface area contributed by atoms with E-state index in [1.165, 1.54) is 16.8 Å². The van der Waals surface area contributed by atoms with Gasteiger partial charge in [-0.05, 0) is 18.8 Å². The molecular formula is C17H25N2+. The lowest BCUT2D eigenvalue weighted by Crippen LogP contribution is -2.28. The van der Waals surface area contributed by atoms with E-state index < -0.39 is 0 Å². The number of hydrogen-bond donors (Lipinski definition) is 0. The van der Waals surface area contributed by atoms with Crippen molar-refractivity contribution < 1.29 is 4.57 Å². The molecule has 0 N–H and O–H groups in total. The van der Waals surface area contributed by atoms with Gasteiger partial charge in [0.1, 0.15) is 18.1 Å². The third kappa shape index (κ3) is 2.73. The highest BCUT2D eigenvalue weighted by Gasteiger charge is 2.19. The van der Waals surface area contributed by atoms with E-state index in [1.807, 2.05) is 0 Å². The molecule has 19 heavy (non-hydrogen) atoms. The lowest BCUT2D eigenvalue weighted by atomic mass is 9.92. The molecule has 0 aliphatic rings. The first-order chi connectivity index (χ1) is 9.04. The molecule has 0 bridgehead atoms. The number of rotatable bonds is 4. The first kappa shape index (κ1) is 13.9. The van der Waals surface area contributed by atoms with Crippen LogP contribution in [-0.2, 0) is 6.54 Å². The van der Waals surface area contributed by atoms with Crippen LogP contribution < -0.4 is 4.57 Å². The SMILES string of the molecule is CC[n+]1ccn(-c2c(C(C)C)cccc2C(C)C)c1. The molecule has 0 amide bonds. The van der Waals surface area contributed by atoms with Crippen molar-refractivity contribution in [3.63, 3.8) is 0 Å². The molecule has 1 aromatic heterocycles. The molecule has 0 fully saturated rings. The second kappa shape index (κ2) is 5.60. The van der Waals surface area contributed by atoms with Gasteiger partial charge in [-0.25, -0.2) is 9.13 Å². The van der Waals surface area contributed by atoms with Crippen LogP contribution in [0.25, 0.3) is 5.69 Å². The second-order valence-electron chi connectivity index (χ2n) is 5.75. The molecule has 1 aromatic carbocycles. The van der Waals surface area contributed by atoms with Gasteiger partial charge in [0.2, 0.25) is 6.33 Å². The minimum atomic E-state index is 0.533. The van der Waals surface area contributed by atoms with Crippen LogP contribution >= 0.6 is 0 Å². The van der Waals surface area contributed by atoms with E-state index >= 15 is 0 Å². The smallest absolute Gasteiger partial charge is 0.237 e. The predicted molar refractivity (Wildman–Crippen MR) is 79.8 cm³/mol. The molecule has 2 heteroatoms. The summed E-state index contributed by atoms with van der Waals surface area (Å²) in [6.07, 6.45) is 6.49. The Morgan fingerprint density at radius 2 is 1.63 bits per heavy atom. The van der Waals surface area contributed by atoms with Crippen LogP contribution in [0.15, 0.2) is 36.9 Å². The van der Waals surface area contributed by atoms with E-state index in [4.69, 9.17) is 0 Å². The fraction of sp³-hybridized carbons (Fsp3) is 0.471. The van der Waals surface area contributed by atoms with Gasteiger partial charge in [0.25, 0.3) is 0 Å². The molecule has 0 aliphatic carbocycles. The summed E-state index contributed by atoms with van der Waals surface area (Å²) in [6.45, 7) is 12.2. The summed E-state index contributed by atoms with van der Waals surface area (Å²) < 4.78 is 4.48. The fourth-order valence-electron chi connectivity index (χ4n) is 2.52. The summed E-state index contributed by atoms with van der Waals surface area (Å²) in [4.78, 5) is 0. The first-order valence-corrected chi connectivity index (χ1v) is 7.24. The molecule has 1 heterocycles. The minimum absolute atomic E-state index is 0.533. The number of aromatic nitrogens is 2. The lowest BCUT2D eigenvalue weighted by Gasteiger charge is -2.16. The Labute approximate surface area is 116 Å². The van der Waals surface area contributed by atoms with Crippen molar-refractivity contribution in [2.45, 2.75) is 53.0 Å². The number of hydrogen-bond acceptors (Lipinski definition) is 0. The Bertz CT molecular complexity index is 524. The van der Waals surface area contributed by atoms with Gasteiger partial charge in [0.15, 0.2) is 0 Å². The van der Waals surface area contributed by atoms with Gasteiger partial charge in [0.05, 0.1) is 6.54 Å². The standard InChI is InChI=1S/C17H25N2/c1-6-18-10-11-19(12-18)17-15(13(2)3)8-7-9-16(17)14(4)5/h7-14H,6H2,1-5H3/q+1. The molecule has 0 radical (unpaired) electrons. The predicted octanol–water partition coefficient (Wildman–Crippen LogP) is 4.03. The Morgan fingerprint density at radius 1 is 1.05 bits per heavy atom. The Balaban J connectivity index is 2.63. The Hall–Kier alpha value is -1.57. The maximum absolute atomic E-state index is 2.27. The van der Waals surface area contributed by atoms with Gasteiger partial charge in [0, 0.05) is 11.1 Å². The monoisotopic (exact) mass is 257 g/mol. The Morgan fingerprint density at radius 3 is 2.05 bits per heavy atom. The van der Waals surface area contributed by atoms with Crippen LogP contribution in [0.1, 0.15) is 57.6 Å². The van der Waals surface area contributed by atoms with E-state index in [9.17, 15) is 0 Å². The number of para-hydroxylation sites is 1. The first-order valence-electron chi connectivity index (χ1n) is 7.24. The maximum atomic E-state index is 2.27. The third-order valence-corrected chi connectivity index (χ3v) is 3.66. The molecule has 0 saturated heterocycles. The highest BCUT2D eigenvalue weighted by Crippen LogP contribution is 2.30. The van der Waals surface area contributed by atoms with E-state index in [1.54, 1.807) is 0 Å². The van der Waals surface area contributed by atoms with Crippen molar-refractivity contribution in [3.8, 4) is 5.69 Å². The molecule has 0 unspecified atom stereocenters. The largest absolute Gasteiger partial charge is 0.248 e. The van der Waals surface area contributed by atoms with Crippen LogP contribution in [0, 0.1) is 0 Å². The van der Waals surface area contributed by atoms with Crippen molar-refractivity contribution in [1.29, 1.82) is 0 Å². The van der Waals surface area contributed by atoms with Crippen molar-refractivity contribution in [2.75, 3.05) is 0 Å². The number of nitrogens with zero attached hydrogens (tertiary/aromatic N) is 2. The molecule has 2 nitrogen and oxygen atoms in total. The van der Waals surface area contributed by atoms with Crippen molar-refractivity contribution in [1.82, 2.24) is 4.57 Å². The maximum Gasteiger partial charge on any atom is 0.248 e. The molecule has 0 aliphatic heterocycles. The minimum Gasteiger partial charge on any atom is -0.237 e. The summed E-state index contributed by atoms with van der Waals surface area (Å²) in [5.74, 6) is 1.07. The lowest BCUT2D eigenvalue weighted by molar-refractivity contribution is -0.692. The van der Waals surface area contributed by atoms with Gasteiger partial charge in [-0.2, -0.15) is 0 Å². The fourth-order valence-corrected chi connectivity index (χ4v) is 2.52. The zero-order chi connectivity index (χ0) is 14.0. The van der Waals surface area contributed by atoms with Crippen molar-refractivity contribution in [3.05, 3.63) is 48.0 Å². The summed E-state index contributed by atoms with van der Waals surface area (Å²) in [5.41, 5.74) is 4.20. The zero-order valence-corrected chi connectivity index (χ0v) is 12.7. The number of aryl methyl sites for hydroxylation is 1. The molecule has 0 spiro atoms. The van der Waals surface area contributed by atoms with Crippen molar-refractivity contribution >= 4 is 0 Å². The van der Waals surface area contributed by atoms with Gasteiger partial charge in [-0.15, -0.1) is 0 Å². The van der Waals surface area contributed by atoms with Gasteiger partial charge < -0.3 is 0 Å². The highest BCUT2D eigenvalue weighted by atomic mass is 15.1. The zero-order valence-electron chi connectivity index (χ0n) is 12.7. The topological polar surface area (TPSA) is 8.81 Å². The summed E-state index contributed by atoms with van der Waals surface area (Å²) in [5, 5.41) is 0. The molecule has 0 atom stereocenters. The normalized spacial score (nSPS) is 11.5. The third-order valence-electron chi connectivity index (χ3n) is 3.66.